The monoisotopic (exact) mass is 432 g/mol. The van der Waals surface area contributed by atoms with Gasteiger partial charge >= 0.3 is 0 Å². The zero-order valence-electron chi connectivity index (χ0n) is 15.2. The lowest BCUT2D eigenvalue weighted by Crippen LogP contribution is -2.46. The molecule has 27 heavy (non-hydrogen) atoms. The molecular formula is C21H22BrFN2O2. The van der Waals surface area contributed by atoms with Gasteiger partial charge in [0.2, 0.25) is 0 Å². The maximum absolute atomic E-state index is 14.6. The van der Waals surface area contributed by atoms with E-state index in [1.807, 2.05) is 4.90 Å². The van der Waals surface area contributed by atoms with Crippen LogP contribution in [-0.2, 0) is 0 Å². The number of anilines is 1. The van der Waals surface area contributed by atoms with E-state index in [9.17, 15) is 14.3 Å². The van der Waals surface area contributed by atoms with Crippen LogP contribution in [0, 0.1) is 5.82 Å². The van der Waals surface area contributed by atoms with Gasteiger partial charge in [-0.3, -0.25) is 4.79 Å². The van der Waals surface area contributed by atoms with Crippen molar-refractivity contribution in [2.45, 2.75) is 6.92 Å². The maximum Gasteiger partial charge on any atom is 0.185 e. The van der Waals surface area contributed by atoms with Crippen LogP contribution in [0.15, 0.2) is 46.9 Å². The molecule has 0 aromatic heterocycles. The van der Waals surface area contributed by atoms with Crippen molar-refractivity contribution in [1.29, 1.82) is 0 Å². The van der Waals surface area contributed by atoms with Gasteiger partial charge in [0.1, 0.15) is 11.6 Å². The molecule has 2 aromatic rings. The summed E-state index contributed by atoms with van der Waals surface area (Å²) in [6.45, 7) is 6.54. The summed E-state index contributed by atoms with van der Waals surface area (Å²) in [5, 5.41) is 9.51. The fourth-order valence-electron chi connectivity index (χ4n) is 3.12. The van der Waals surface area contributed by atoms with Crippen LogP contribution in [0.4, 0.5) is 10.1 Å². The normalized spacial score (nSPS) is 15.4. The Hall–Kier alpha value is -2.18. The summed E-state index contributed by atoms with van der Waals surface area (Å²) in [5.74, 6) is -0.497. The highest BCUT2D eigenvalue weighted by atomic mass is 79.9. The average molecular weight is 433 g/mol. The van der Waals surface area contributed by atoms with Crippen LogP contribution in [0.25, 0.3) is 6.08 Å². The Morgan fingerprint density at radius 2 is 1.93 bits per heavy atom. The molecule has 2 aromatic carbocycles. The van der Waals surface area contributed by atoms with Gasteiger partial charge in [0.15, 0.2) is 5.78 Å². The lowest BCUT2D eigenvalue weighted by Gasteiger charge is -2.35. The van der Waals surface area contributed by atoms with E-state index < -0.39 is 0 Å². The number of rotatable bonds is 5. The number of carbonyl (C=O) groups is 1. The number of benzene rings is 2. The maximum atomic E-state index is 14.6. The first kappa shape index (κ1) is 19.6. The number of allylic oxidation sites excluding steroid dienone is 1. The van der Waals surface area contributed by atoms with Crippen molar-refractivity contribution in [1.82, 2.24) is 4.90 Å². The highest BCUT2D eigenvalue weighted by Crippen LogP contribution is 2.25. The molecule has 0 atom stereocenters. The van der Waals surface area contributed by atoms with Gasteiger partial charge in [-0.05, 0) is 64.4 Å². The molecule has 4 nitrogen and oxygen atoms in total. The molecule has 0 spiro atoms. The third-order valence-electron chi connectivity index (χ3n) is 4.79. The third-order valence-corrected chi connectivity index (χ3v) is 5.43. The third kappa shape index (κ3) is 4.76. The van der Waals surface area contributed by atoms with Crippen molar-refractivity contribution in [2.24, 2.45) is 0 Å². The number of carbonyl (C=O) groups excluding carboxylic acids is 1. The van der Waals surface area contributed by atoms with Crippen LogP contribution in [0.3, 0.4) is 0 Å². The minimum atomic E-state index is -0.369. The van der Waals surface area contributed by atoms with Crippen LogP contribution >= 0.6 is 15.9 Å². The number of hydrogen-bond donors (Lipinski definition) is 1. The molecule has 1 saturated heterocycles. The minimum absolute atomic E-state index is 0.135. The quantitative estimate of drug-likeness (QED) is 0.563. The van der Waals surface area contributed by atoms with Gasteiger partial charge in [0.05, 0.1) is 10.2 Å². The number of aromatic hydroxyl groups is 1. The molecule has 1 fully saturated rings. The Bertz CT molecular complexity index is 861. The number of halogens is 2. The second-order valence-electron chi connectivity index (χ2n) is 6.50. The summed E-state index contributed by atoms with van der Waals surface area (Å²) in [4.78, 5) is 16.7. The van der Waals surface area contributed by atoms with E-state index in [4.69, 9.17) is 0 Å². The van der Waals surface area contributed by atoms with Crippen molar-refractivity contribution >= 4 is 33.5 Å². The van der Waals surface area contributed by atoms with Gasteiger partial charge in [-0.25, -0.2) is 4.39 Å². The van der Waals surface area contributed by atoms with Crippen LogP contribution in [0.5, 0.6) is 5.75 Å². The Morgan fingerprint density at radius 1 is 1.19 bits per heavy atom. The summed E-state index contributed by atoms with van der Waals surface area (Å²) < 4.78 is 15.1. The van der Waals surface area contributed by atoms with Crippen LogP contribution in [0.1, 0.15) is 22.8 Å². The fraction of sp³-hybridized carbons (Fsp3) is 0.286. The Labute approximate surface area is 167 Å². The molecule has 6 heteroatoms. The zero-order valence-corrected chi connectivity index (χ0v) is 16.7. The van der Waals surface area contributed by atoms with Crippen molar-refractivity contribution in [2.75, 3.05) is 37.6 Å². The second kappa shape index (κ2) is 8.67. The second-order valence-corrected chi connectivity index (χ2v) is 7.35. The van der Waals surface area contributed by atoms with Gasteiger partial charge in [-0.2, -0.15) is 0 Å². The van der Waals surface area contributed by atoms with Gasteiger partial charge in [0.25, 0.3) is 0 Å². The molecule has 0 unspecified atom stereocenters. The number of piperazine rings is 1. The molecule has 0 aliphatic carbocycles. The van der Waals surface area contributed by atoms with E-state index >= 15 is 0 Å². The number of likely N-dealkylation sites (N-methyl/N-ethyl adjacent to an activating group) is 1. The number of phenolic OH excluding ortho intramolecular Hbond substituents is 1. The molecule has 0 saturated carbocycles. The van der Waals surface area contributed by atoms with Crippen molar-refractivity contribution < 1.29 is 14.3 Å². The molecule has 0 radical (unpaired) electrons. The fourth-order valence-corrected chi connectivity index (χ4v) is 3.51. The highest BCUT2D eigenvalue weighted by Gasteiger charge is 2.19. The van der Waals surface area contributed by atoms with Gasteiger partial charge < -0.3 is 14.9 Å². The van der Waals surface area contributed by atoms with Crippen molar-refractivity contribution in [3.8, 4) is 5.75 Å². The predicted molar refractivity (Wildman–Crippen MR) is 110 cm³/mol. The first-order chi connectivity index (χ1) is 13.0. The smallest absolute Gasteiger partial charge is 0.185 e. The first-order valence-corrected chi connectivity index (χ1v) is 9.75. The van der Waals surface area contributed by atoms with E-state index in [2.05, 4.69) is 27.8 Å². The Morgan fingerprint density at radius 3 is 2.56 bits per heavy atom. The van der Waals surface area contributed by atoms with Crippen LogP contribution < -0.4 is 4.90 Å². The van der Waals surface area contributed by atoms with E-state index in [-0.39, 0.29) is 17.3 Å². The lowest BCUT2D eigenvalue weighted by molar-refractivity contribution is 0.104. The first-order valence-electron chi connectivity index (χ1n) is 8.95. The molecule has 0 amide bonds. The van der Waals surface area contributed by atoms with Gasteiger partial charge in [-0.15, -0.1) is 0 Å². The molecule has 1 aliphatic rings. The summed E-state index contributed by atoms with van der Waals surface area (Å²) >= 11 is 3.24. The minimum Gasteiger partial charge on any atom is -0.507 e. The van der Waals surface area contributed by atoms with Crippen LogP contribution in [0.2, 0.25) is 0 Å². The topological polar surface area (TPSA) is 43.8 Å². The molecule has 1 heterocycles. The highest BCUT2D eigenvalue weighted by molar-refractivity contribution is 9.10. The Balaban J connectivity index is 1.70. The summed E-state index contributed by atoms with van der Waals surface area (Å²) in [6.07, 6.45) is 3.05. The Kier molecular flexibility index (Phi) is 6.29. The summed E-state index contributed by atoms with van der Waals surface area (Å²) in [6, 6.07) is 9.61. The summed E-state index contributed by atoms with van der Waals surface area (Å²) in [5.41, 5.74) is 1.63. The number of ketones is 1. The van der Waals surface area contributed by atoms with E-state index in [0.29, 0.717) is 15.7 Å². The number of phenols is 1. The molecule has 142 valence electrons. The standard InChI is InChI=1S/C21H22BrFN2O2/c1-2-24-9-11-25(12-10-24)19-6-5-16(14-18(19)23)20(26)7-3-15-4-8-21(27)17(22)13-15/h3-8,13-14,27H,2,9-12H2,1H3/b7-3+. The van der Waals surface area contributed by atoms with E-state index in [1.165, 1.54) is 12.1 Å². The molecule has 3 rings (SSSR count). The molecule has 0 bridgehead atoms. The van der Waals surface area contributed by atoms with Crippen molar-refractivity contribution in [3.05, 3.63) is 63.9 Å². The predicted octanol–water partition coefficient (Wildman–Crippen LogP) is 4.33. The number of hydrogen-bond acceptors (Lipinski definition) is 4. The molecular weight excluding hydrogens is 411 g/mol. The summed E-state index contributed by atoms with van der Waals surface area (Å²) in [7, 11) is 0. The SMILES string of the molecule is CCN1CCN(c2ccc(C(=O)/C=C/c3ccc(O)c(Br)c3)cc2F)CC1. The van der Waals surface area contributed by atoms with Gasteiger partial charge in [0, 0.05) is 31.7 Å². The van der Waals surface area contributed by atoms with Gasteiger partial charge in [-0.1, -0.05) is 19.1 Å². The van der Waals surface area contributed by atoms with Crippen molar-refractivity contribution in [3.63, 3.8) is 0 Å². The number of nitrogens with zero attached hydrogens (tertiary/aromatic N) is 2. The van der Waals surface area contributed by atoms with E-state index in [1.54, 1.807) is 36.4 Å². The van der Waals surface area contributed by atoms with E-state index in [0.717, 1.165) is 38.3 Å². The molecule has 1 N–H and O–H groups in total. The zero-order chi connectivity index (χ0) is 19.4. The molecule has 1 aliphatic heterocycles. The largest absolute Gasteiger partial charge is 0.507 e. The average Bonchev–Trinajstić information content (AvgIpc) is 2.68. The lowest BCUT2D eigenvalue weighted by atomic mass is 10.1. The van der Waals surface area contributed by atoms with Crippen LogP contribution in [-0.4, -0.2) is 48.5 Å².